The molecule has 1 atom stereocenters. The van der Waals surface area contributed by atoms with Gasteiger partial charge < -0.3 is 10.6 Å². The highest BCUT2D eigenvalue weighted by Gasteiger charge is 2.22. The van der Waals surface area contributed by atoms with Crippen LogP contribution in [0.3, 0.4) is 0 Å². The average Bonchev–Trinajstić information content (AvgIpc) is 3.37. The monoisotopic (exact) mass is 421 g/mol. The molecule has 3 aromatic rings. The molecule has 2 amide bonds. The molecular weight excluding hydrogens is 394 g/mol. The molecular formula is C24H27N3O2S. The second kappa shape index (κ2) is 8.98. The van der Waals surface area contributed by atoms with Crippen LogP contribution in [-0.2, 0) is 16.1 Å². The number of aryl methyl sites for hydroxylation is 1. The van der Waals surface area contributed by atoms with Crippen LogP contribution in [0.15, 0.2) is 48.5 Å². The molecule has 1 aliphatic heterocycles. The minimum Gasteiger partial charge on any atom is -0.340 e. The number of carbonyl (C=O) groups is 2. The van der Waals surface area contributed by atoms with Crippen LogP contribution in [0.4, 0.5) is 5.69 Å². The first-order chi connectivity index (χ1) is 14.5. The van der Waals surface area contributed by atoms with Crippen molar-refractivity contribution in [3.63, 3.8) is 0 Å². The van der Waals surface area contributed by atoms with Crippen molar-refractivity contribution in [1.82, 2.24) is 10.2 Å². The minimum atomic E-state index is -0.630. The molecule has 0 bridgehead atoms. The SMILES string of the molecule is Cc1c([C@@H](C)NC(=O)C(=O)Nc2ccccc2CN2CCCC2)sc2ccccc12. The number of fused-ring (bicyclic) bond motifs is 1. The molecule has 0 spiro atoms. The summed E-state index contributed by atoms with van der Waals surface area (Å²) in [5.41, 5.74) is 2.89. The third-order valence-corrected chi connectivity index (χ3v) is 7.14. The summed E-state index contributed by atoms with van der Waals surface area (Å²) >= 11 is 1.66. The first-order valence-corrected chi connectivity index (χ1v) is 11.2. The van der Waals surface area contributed by atoms with Crippen LogP contribution in [0.2, 0.25) is 0 Å². The van der Waals surface area contributed by atoms with Crippen LogP contribution in [0, 0.1) is 6.92 Å². The van der Waals surface area contributed by atoms with Gasteiger partial charge in [-0.25, -0.2) is 0 Å². The summed E-state index contributed by atoms with van der Waals surface area (Å²) in [6, 6.07) is 15.7. The lowest BCUT2D eigenvalue weighted by Crippen LogP contribution is -2.37. The Morgan fingerprint density at radius 2 is 1.73 bits per heavy atom. The van der Waals surface area contributed by atoms with Crippen molar-refractivity contribution in [3.05, 3.63) is 64.5 Å². The van der Waals surface area contributed by atoms with E-state index >= 15 is 0 Å². The smallest absolute Gasteiger partial charge is 0.313 e. The van der Waals surface area contributed by atoms with Crippen molar-refractivity contribution in [2.24, 2.45) is 0 Å². The fourth-order valence-corrected chi connectivity index (χ4v) is 5.29. The van der Waals surface area contributed by atoms with Crippen molar-refractivity contribution < 1.29 is 9.59 Å². The van der Waals surface area contributed by atoms with Crippen molar-refractivity contribution in [1.29, 1.82) is 0 Å². The van der Waals surface area contributed by atoms with Gasteiger partial charge in [0.05, 0.1) is 6.04 Å². The molecule has 30 heavy (non-hydrogen) atoms. The van der Waals surface area contributed by atoms with E-state index in [4.69, 9.17) is 0 Å². The largest absolute Gasteiger partial charge is 0.340 e. The third-order valence-electron chi connectivity index (χ3n) is 5.69. The van der Waals surface area contributed by atoms with E-state index in [1.807, 2.05) is 43.3 Å². The number of anilines is 1. The van der Waals surface area contributed by atoms with Crippen LogP contribution in [0.5, 0.6) is 0 Å². The second-order valence-electron chi connectivity index (χ2n) is 7.88. The summed E-state index contributed by atoms with van der Waals surface area (Å²) < 4.78 is 1.19. The molecule has 1 saturated heterocycles. The number of thiophene rings is 1. The summed E-state index contributed by atoms with van der Waals surface area (Å²) in [6.07, 6.45) is 2.43. The summed E-state index contributed by atoms with van der Waals surface area (Å²) in [5.74, 6) is -1.25. The maximum Gasteiger partial charge on any atom is 0.313 e. The summed E-state index contributed by atoms with van der Waals surface area (Å²) in [4.78, 5) is 28.6. The molecule has 6 heteroatoms. The summed E-state index contributed by atoms with van der Waals surface area (Å²) in [5, 5.41) is 6.86. The number of benzene rings is 2. The van der Waals surface area contributed by atoms with Gasteiger partial charge in [-0.05, 0) is 68.4 Å². The first kappa shape index (κ1) is 20.6. The van der Waals surface area contributed by atoms with Gasteiger partial charge >= 0.3 is 11.8 Å². The predicted octanol–water partition coefficient (Wildman–Crippen LogP) is 4.62. The number of hydrogen-bond donors (Lipinski definition) is 2. The number of nitrogens with zero attached hydrogens (tertiary/aromatic N) is 1. The maximum atomic E-state index is 12.6. The minimum absolute atomic E-state index is 0.236. The average molecular weight is 422 g/mol. The number of hydrogen-bond acceptors (Lipinski definition) is 4. The summed E-state index contributed by atoms with van der Waals surface area (Å²) in [6.45, 7) is 6.93. The first-order valence-electron chi connectivity index (χ1n) is 10.4. The van der Waals surface area contributed by atoms with Crippen LogP contribution in [-0.4, -0.2) is 29.8 Å². The standard InChI is InChI=1S/C24H27N3O2S/c1-16-19-10-4-6-12-21(19)30-22(16)17(2)25-23(28)24(29)26-20-11-5-3-9-18(20)15-27-13-7-8-14-27/h3-6,9-12,17H,7-8,13-15H2,1-2H3,(H,25,28)(H,26,29)/t17-/m1/s1. The molecule has 0 radical (unpaired) electrons. The molecule has 2 N–H and O–H groups in total. The molecule has 1 fully saturated rings. The summed E-state index contributed by atoms with van der Waals surface area (Å²) in [7, 11) is 0. The van der Waals surface area contributed by atoms with Gasteiger partial charge in [0.25, 0.3) is 0 Å². The van der Waals surface area contributed by atoms with Gasteiger partial charge in [0, 0.05) is 21.8 Å². The van der Waals surface area contributed by atoms with Crippen LogP contribution in [0.25, 0.3) is 10.1 Å². The highest BCUT2D eigenvalue weighted by Crippen LogP contribution is 2.34. The lowest BCUT2D eigenvalue weighted by molar-refractivity contribution is -0.136. The van der Waals surface area contributed by atoms with Gasteiger partial charge in [0.15, 0.2) is 0 Å². The van der Waals surface area contributed by atoms with Crippen molar-refractivity contribution >= 4 is 38.9 Å². The Balaban J connectivity index is 1.42. The lowest BCUT2D eigenvalue weighted by Gasteiger charge is -2.18. The van der Waals surface area contributed by atoms with E-state index in [9.17, 15) is 9.59 Å². The quantitative estimate of drug-likeness (QED) is 0.591. The highest BCUT2D eigenvalue weighted by molar-refractivity contribution is 7.19. The van der Waals surface area contributed by atoms with E-state index in [0.717, 1.165) is 35.6 Å². The third kappa shape index (κ3) is 4.40. The van der Waals surface area contributed by atoms with E-state index in [1.165, 1.54) is 22.9 Å². The zero-order valence-corrected chi connectivity index (χ0v) is 18.2. The van der Waals surface area contributed by atoms with E-state index in [2.05, 4.69) is 34.6 Å². The Kier molecular flexibility index (Phi) is 6.16. The zero-order valence-electron chi connectivity index (χ0n) is 17.4. The molecule has 4 rings (SSSR count). The van der Waals surface area contributed by atoms with Crippen LogP contribution >= 0.6 is 11.3 Å². The van der Waals surface area contributed by atoms with E-state index in [1.54, 1.807) is 11.3 Å². The highest BCUT2D eigenvalue weighted by atomic mass is 32.1. The zero-order chi connectivity index (χ0) is 21.1. The molecule has 0 unspecified atom stereocenters. The van der Waals surface area contributed by atoms with E-state index in [-0.39, 0.29) is 6.04 Å². The topological polar surface area (TPSA) is 61.4 Å². The predicted molar refractivity (Wildman–Crippen MR) is 123 cm³/mol. The van der Waals surface area contributed by atoms with Gasteiger partial charge in [-0.15, -0.1) is 11.3 Å². The normalized spacial score (nSPS) is 15.3. The van der Waals surface area contributed by atoms with Crippen LogP contribution in [0.1, 0.15) is 41.8 Å². The van der Waals surface area contributed by atoms with Gasteiger partial charge in [-0.1, -0.05) is 36.4 Å². The fourth-order valence-electron chi connectivity index (χ4n) is 4.07. The van der Waals surface area contributed by atoms with Gasteiger partial charge in [0.1, 0.15) is 0 Å². The van der Waals surface area contributed by atoms with Crippen molar-refractivity contribution in [2.45, 2.75) is 39.3 Å². The number of rotatable bonds is 5. The van der Waals surface area contributed by atoms with E-state index in [0.29, 0.717) is 5.69 Å². The van der Waals surface area contributed by atoms with Gasteiger partial charge in [-0.3, -0.25) is 14.5 Å². The molecule has 2 heterocycles. The molecule has 0 aliphatic carbocycles. The molecule has 156 valence electrons. The Morgan fingerprint density at radius 1 is 1.03 bits per heavy atom. The fraction of sp³-hybridized carbons (Fsp3) is 0.333. The van der Waals surface area contributed by atoms with Gasteiger partial charge in [-0.2, -0.15) is 0 Å². The number of carbonyl (C=O) groups excluding carboxylic acids is 2. The molecule has 2 aromatic carbocycles. The molecule has 0 saturated carbocycles. The van der Waals surface area contributed by atoms with E-state index < -0.39 is 11.8 Å². The van der Waals surface area contributed by atoms with Crippen molar-refractivity contribution in [3.8, 4) is 0 Å². The molecule has 5 nitrogen and oxygen atoms in total. The molecule has 1 aromatic heterocycles. The van der Waals surface area contributed by atoms with Gasteiger partial charge in [0.2, 0.25) is 0 Å². The number of nitrogens with one attached hydrogen (secondary N) is 2. The van der Waals surface area contributed by atoms with Crippen LogP contribution < -0.4 is 10.6 Å². The molecule has 1 aliphatic rings. The maximum absolute atomic E-state index is 12.6. The Hall–Kier alpha value is -2.70. The Labute approximate surface area is 181 Å². The Morgan fingerprint density at radius 3 is 2.50 bits per heavy atom. The number of amides is 2. The number of likely N-dealkylation sites (tertiary alicyclic amines) is 1. The number of para-hydroxylation sites is 1. The lowest BCUT2D eigenvalue weighted by atomic mass is 10.1. The van der Waals surface area contributed by atoms with Crippen molar-refractivity contribution in [2.75, 3.05) is 18.4 Å². The Bertz CT molecular complexity index is 1070. The second-order valence-corrected chi connectivity index (χ2v) is 8.96.